The Morgan fingerprint density at radius 3 is 2.21 bits per heavy atom. The number of rotatable bonds is 7. The van der Waals surface area contributed by atoms with Crippen molar-refractivity contribution in [1.29, 1.82) is 0 Å². The Labute approximate surface area is 215 Å². The van der Waals surface area contributed by atoms with Crippen LogP contribution in [0.5, 0.6) is 11.5 Å². The van der Waals surface area contributed by atoms with Gasteiger partial charge in [0.25, 0.3) is 11.8 Å². The number of amides is 2. The predicted molar refractivity (Wildman–Crippen MR) is 136 cm³/mol. The molecule has 1 aliphatic rings. The van der Waals surface area contributed by atoms with Gasteiger partial charge in [-0.3, -0.25) is 9.59 Å². The van der Waals surface area contributed by atoms with Gasteiger partial charge in [-0.15, -0.1) is 0 Å². The zero-order valence-electron chi connectivity index (χ0n) is 17.9. The number of hydrogen-bond donors (Lipinski definition) is 1. The number of halogens is 3. The molecule has 34 heavy (non-hydrogen) atoms. The van der Waals surface area contributed by atoms with E-state index in [1.54, 1.807) is 48.5 Å². The van der Waals surface area contributed by atoms with E-state index in [0.29, 0.717) is 27.2 Å². The number of carbonyl (C=O) groups is 2. The average Bonchev–Trinajstić information content (AvgIpc) is 3.05. The van der Waals surface area contributed by atoms with E-state index in [0.717, 1.165) is 21.6 Å². The number of nitrogens with zero attached hydrogens (tertiary/aromatic N) is 1. The number of carbonyl (C=O) groups excluding carboxylic acids is 2. The lowest BCUT2D eigenvalue weighted by atomic mass is 10.2. The zero-order valence-corrected chi connectivity index (χ0v) is 21.0. The molecule has 1 N–H and O–H groups in total. The monoisotopic (exact) mass is 534 g/mol. The molecule has 0 aromatic heterocycles. The highest BCUT2D eigenvalue weighted by molar-refractivity contribution is 8.04. The summed E-state index contributed by atoms with van der Waals surface area (Å²) in [4.78, 5) is 29.0. The summed E-state index contributed by atoms with van der Waals surface area (Å²) >= 11 is 19.6. The van der Waals surface area contributed by atoms with Gasteiger partial charge in [-0.05, 0) is 54.6 Å². The van der Waals surface area contributed by atoms with Crippen molar-refractivity contribution < 1.29 is 19.1 Å². The van der Waals surface area contributed by atoms with Crippen LogP contribution >= 0.6 is 46.6 Å². The molecule has 0 spiro atoms. The summed E-state index contributed by atoms with van der Waals surface area (Å²) in [5.41, 5.74) is 0.701. The van der Waals surface area contributed by atoms with Gasteiger partial charge in [-0.1, -0.05) is 46.6 Å². The van der Waals surface area contributed by atoms with Crippen molar-refractivity contribution in [3.05, 3.63) is 86.3 Å². The third-order valence-electron chi connectivity index (χ3n) is 4.89. The number of hydrogen-bond acceptors (Lipinski definition) is 6. The van der Waals surface area contributed by atoms with Crippen molar-refractivity contribution in [3.8, 4) is 11.5 Å². The van der Waals surface area contributed by atoms with Crippen LogP contribution in [0.1, 0.15) is 0 Å². The van der Waals surface area contributed by atoms with Crippen molar-refractivity contribution in [2.45, 2.75) is 4.90 Å². The Balaban J connectivity index is 1.81. The third-order valence-corrected chi connectivity index (χ3v) is 6.79. The van der Waals surface area contributed by atoms with Gasteiger partial charge in [0, 0.05) is 21.0 Å². The normalized spacial score (nSPS) is 13.5. The minimum absolute atomic E-state index is 0.0625. The molecular weight excluding hydrogens is 519 g/mol. The lowest BCUT2D eigenvalue weighted by molar-refractivity contribution is -0.120. The summed E-state index contributed by atoms with van der Waals surface area (Å²) in [5.74, 6) is -0.125. The highest BCUT2D eigenvalue weighted by Crippen LogP contribution is 2.42. The fourth-order valence-corrected chi connectivity index (χ4v) is 4.68. The van der Waals surface area contributed by atoms with Gasteiger partial charge in [-0.2, -0.15) is 0 Å². The molecular formula is C24H17Cl3N2O4S. The number of imide groups is 1. The molecule has 3 aromatic carbocycles. The Morgan fingerprint density at radius 1 is 0.824 bits per heavy atom. The second kappa shape index (κ2) is 10.2. The van der Waals surface area contributed by atoms with Crippen molar-refractivity contribution in [2.24, 2.45) is 0 Å². The summed E-state index contributed by atoms with van der Waals surface area (Å²) in [6, 6.07) is 16.6. The maximum Gasteiger partial charge on any atom is 0.283 e. The standard InChI is InChI=1S/C24H17Cl3N2O4S/c1-32-15-6-10-20(33-2)18(12-15)28-21-22(34-16-7-3-13(25)4-8-16)24(31)29(23(21)30)19-11-14(26)5-9-17(19)27/h3-12,28H,1-2H3. The van der Waals surface area contributed by atoms with Crippen LogP contribution in [0.4, 0.5) is 11.4 Å². The molecule has 1 heterocycles. The molecule has 4 rings (SSSR count). The molecule has 10 heteroatoms. The first-order valence-electron chi connectivity index (χ1n) is 9.83. The molecule has 0 aliphatic carbocycles. The predicted octanol–water partition coefficient (Wildman–Crippen LogP) is 6.65. The molecule has 0 saturated heterocycles. The highest BCUT2D eigenvalue weighted by Gasteiger charge is 2.41. The topological polar surface area (TPSA) is 67.9 Å². The largest absolute Gasteiger partial charge is 0.497 e. The van der Waals surface area contributed by atoms with E-state index >= 15 is 0 Å². The maximum absolute atomic E-state index is 13.6. The molecule has 174 valence electrons. The molecule has 0 unspecified atom stereocenters. The van der Waals surface area contributed by atoms with Gasteiger partial charge in [0.15, 0.2) is 0 Å². The third kappa shape index (κ3) is 4.83. The first-order chi connectivity index (χ1) is 16.3. The van der Waals surface area contributed by atoms with Crippen LogP contribution in [-0.4, -0.2) is 26.0 Å². The number of ether oxygens (including phenoxy) is 2. The molecule has 0 radical (unpaired) electrons. The van der Waals surface area contributed by atoms with E-state index in [4.69, 9.17) is 44.3 Å². The summed E-state index contributed by atoms with van der Waals surface area (Å²) < 4.78 is 10.7. The van der Waals surface area contributed by atoms with E-state index in [1.807, 2.05) is 0 Å². The van der Waals surface area contributed by atoms with Crippen LogP contribution < -0.4 is 19.7 Å². The SMILES string of the molecule is COc1ccc(OC)c(NC2=C(Sc3ccc(Cl)cc3)C(=O)N(c3cc(Cl)ccc3Cl)C2=O)c1. The summed E-state index contributed by atoms with van der Waals surface area (Å²) in [5, 5.41) is 4.17. The van der Waals surface area contributed by atoms with Crippen molar-refractivity contribution in [1.82, 2.24) is 0 Å². The van der Waals surface area contributed by atoms with Crippen LogP contribution in [0.3, 0.4) is 0 Å². The number of thioether (sulfide) groups is 1. The van der Waals surface area contributed by atoms with E-state index in [2.05, 4.69) is 5.32 Å². The molecule has 2 amide bonds. The summed E-state index contributed by atoms with van der Waals surface area (Å²) in [6.45, 7) is 0. The van der Waals surface area contributed by atoms with Crippen LogP contribution in [0, 0.1) is 0 Å². The van der Waals surface area contributed by atoms with Crippen LogP contribution in [0.15, 0.2) is 76.2 Å². The number of methoxy groups -OCH3 is 2. The molecule has 1 aliphatic heterocycles. The smallest absolute Gasteiger partial charge is 0.283 e. The van der Waals surface area contributed by atoms with E-state index in [1.165, 1.54) is 26.4 Å². The average molecular weight is 536 g/mol. The Morgan fingerprint density at radius 2 is 1.53 bits per heavy atom. The Bertz CT molecular complexity index is 1310. The van der Waals surface area contributed by atoms with Crippen LogP contribution in [0.2, 0.25) is 15.1 Å². The maximum atomic E-state index is 13.6. The highest BCUT2D eigenvalue weighted by atomic mass is 35.5. The molecule has 0 bridgehead atoms. The first-order valence-corrected chi connectivity index (χ1v) is 11.8. The molecule has 0 saturated carbocycles. The fraction of sp³-hybridized carbons (Fsp3) is 0.0833. The first kappa shape index (κ1) is 24.3. The fourth-order valence-electron chi connectivity index (χ4n) is 3.26. The summed E-state index contributed by atoms with van der Waals surface area (Å²) in [7, 11) is 3.03. The van der Waals surface area contributed by atoms with Gasteiger partial charge in [0.05, 0.1) is 30.6 Å². The van der Waals surface area contributed by atoms with E-state index < -0.39 is 11.8 Å². The molecule has 3 aromatic rings. The second-order valence-corrected chi connectivity index (χ2v) is 9.36. The number of nitrogens with one attached hydrogen (secondary N) is 1. The van der Waals surface area contributed by atoms with Crippen molar-refractivity contribution in [3.63, 3.8) is 0 Å². The lowest BCUT2D eigenvalue weighted by Crippen LogP contribution is -2.32. The lowest BCUT2D eigenvalue weighted by Gasteiger charge is -2.17. The minimum Gasteiger partial charge on any atom is -0.497 e. The van der Waals surface area contributed by atoms with Gasteiger partial charge in [0.2, 0.25) is 0 Å². The van der Waals surface area contributed by atoms with Crippen LogP contribution in [0.25, 0.3) is 0 Å². The summed E-state index contributed by atoms with van der Waals surface area (Å²) in [6.07, 6.45) is 0. The van der Waals surface area contributed by atoms with E-state index in [9.17, 15) is 9.59 Å². The molecule has 0 fully saturated rings. The quantitative estimate of drug-likeness (QED) is 0.342. The van der Waals surface area contributed by atoms with Gasteiger partial charge in [0.1, 0.15) is 22.1 Å². The second-order valence-electron chi connectivity index (χ2n) is 6.99. The molecule has 6 nitrogen and oxygen atoms in total. The zero-order chi connectivity index (χ0) is 24.4. The van der Waals surface area contributed by atoms with Crippen LogP contribution in [-0.2, 0) is 9.59 Å². The van der Waals surface area contributed by atoms with Gasteiger partial charge < -0.3 is 14.8 Å². The van der Waals surface area contributed by atoms with Gasteiger partial charge in [-0.25, -0.2) is 4.90 Å². The van der Waals surface area contributed by atoms with Crippen molar-refractivity contribution in [2.75, 3.05) is 24.4 Å². The molecule has 0 atom stereocenters. The van der Waals surface area contributed by atoms with Crippen molar-refractivity contribution >= 4 is 69.8 Å². The minimum atomic E-state index is -0.587. The number of anilines is 2. The number of benzene rings is 3. The Kier molecular flexibility index (Phi) is 7.28. The van der Waals surface area contributed by atoms with E-state index in [-0.39, 0.29) is 21.3 Å². The van der Waals surface area contributed by atoms with Gasteiger partial charge >= 0.3 is 0 Å². The Hall–Kier alpha value is -2.84.